The van der Waals surface area contributed by atoms with Crippen LogP contribution in [0.4, 0.5) is 0 Å². The fraction of sp³-hybridized carbons (Fsp3) is 0.647. The quantitative estimate of drug-likeness (QED) is 0.759. The third-order valence-electron chi connectivity index (χ3n) is 3.63. The number of hydrogen-bond acceptors (Lipinski definition) is 3. The number of hydrogen-bond donors (Lipinski definition) is 1. The van der Waals surface area contributed by atoms with E-state index in [1.807, 2.05) is 6.07 Å². The number of halogens is 1. The van der Waals surface area contributed by atoms with E-state index in [1.54, 1.807) is 0 Å². The molecule has 1 heterocycles. The first-order valence-corrected chi connectivity index (χ1v) is 8.68. The van der Waals surface area contributed by atoms with Crippen molar-refractivity contribution >= 4 is 15.9 Å². The molecule has 0 amide bonds. The maximum Gasteiger partial charge on any atom is 0.137 e. The normalized spacial score (nSPS) is 18.4. The van der Waals surface area contributed by atoms with Crippen LogP contribution in [0.1, 0.15) is 38.7 Å². The average Bonchev–Trinajstić information content (AvgIpc) is 2.94. The average molecular weight is 356 g/mol. The summed E-state index contributed by atoms with van der Waals surface area (Å²) >= 11 is 3.60. The van der Waals surface area contributed by atoms with Gasteiger partial charge in [0.15, 0.2) is 0 Å². The number of para-hydroxylation sites is 1. The monoisotopic (exact) mass is 355 g/mol. The maximum atomic E-state index is 6.02. The third kappa shape index (κ3) is 5.61. The van der Waals surface area contributed by atoms with Crippen LogP contribution in [0.5, 0.6) is 5.75 Å². The Balaban J connectivity index is 1.86. The van der Waals surface area contributed by atoms with Gasteiger partial charge in [0.1, 0.15) is 5.75 Å². The van der Waals surface area contributed by atoms with E-state index in [0.29, 0.717) is 18.6 Å². The standard InChI is InChI=1S/C17H26BrNO2/c1-13(2)11-19-12-14-5-3-7-16(18)17(14)21-10-8-15-6-4-9-20-15/h3,5,7,13,15,19H,4,6,8-12H2,1-2H3. The Morgan fingerprint density at radius 2 is 2.29 bits per heavy atom. The first-order chi connectivity index (χ1) is 10.2. The second kappa shape index (κ2) is 8.76. The van der Waals surface area contributed by atoms with Crippen molar-refractivity contribution in [2.45, 2.75) is 45.8 Å². The first-order valence-electron chi connectivity index (χ1n) is 7.89. The van der Waals surface area contributed by atoms with E-state index >= 15 is 0 Å². The van der Waals surface area contributed by atoms with Crippen molar-refractivity contribution in [2.75, 3.05) is 19.8 Å². The van der Waals surface area contributed by atoms with Gasteiger partial charge in [0.05, 0.1) is 17.2 Å². The van der Waals surface area contributed by atoms with Crippen LogP contribution in [-0.2, 0) is 11.3 Å². The second-order valence-corrected chi connectivity index (χ2v) is 6.88. The summed E-state index contributed by atoms with van der Waals surface area (Å²) in [7, 11) is 0. The van der Waals surface area contributed by atoms with Gasteiger partial charge >= 0.3 is 0 Å². The molecule has 1 atom stereocenters. The van der Waals surface area contributed by atoms with Crippen LogP contribution in [0.3, 0.4) is 0 Å². The van der Waals surface area contributed by atoms with Gasteiger partial charge in [-0.25, -0.2) is 0 Å². The lowest BCUT2D eigenvalue weighted by atomic mass is 10.1. The predicted octanol–water partition coefficient (Wildman–Crippen LogP) is 4.14. The van der Waals surface area contributed by atoms with Crippen molar-refractivity contribution in [3.8, 4) is 5.75 Å². The molecule has 1 aromatic rings. The smallest absolute Gasteiger partial charge is 0.137 e. The molecule has 0 bridgehead atoms. The zero-order chi connectivity index (χ0) is 15.1. The van der Waals surface area contributed by atoms with Crippen molar-refractivity contribution in [3.63, 3.8) is 0 Å². The zero-order valence-electron chi connectivity index (χ0n) is 13.0. The summed E-state index contributed by atoms with van der Waals surface area (Å²) in [6, 6.07) is 6.22. The highest BCUT2D eigenvalue weighted by molar-refractivity contribution is 9.10. The molecule has 1 unspecified atom stereocenters. The summed E-state index contributed by atoms with van der Waals surface area (Å²) in [6.07, 6.45) is 3.71. The van der Waals surface area contributed by atoms with E-state index in [4.69, 9.17) is 9.47 Å². The van der Waals surface area contributed by atoms with E-state index in [-0.39, 0.29) is 0 Å². The third-order valence-corrected chi connectivity index (χ3v) is 4.25. The Hall–Kier alpha value is -0.580. The van der Waals surface area contributed by atoms with Gasteiger partial charge in [-0.1, -0.05) is 26.0 Å². The molecule has 1 fully saturated rings. The Morgan fingerprint density at radius 3 is 3.00 bits per heavy atom. The van der Waals surface area contributed by atoms with E-state index in [0.717, 1.165) is 36.3 Å². The van der Waals surface area contributed by atoms with Crippen LogP contribution in [0.25, 0.3) is 0 Å². The molecule has 0 radical (unpaired) electrons. The predicted molar refractivity (Wildman–Crippen MR) is 89.8 cm³/mol. The van der Waals surface area contributed by atoms with E-state index < -0.39 is 0 Å². The Bertz CT molecular complexity index is 431. The zero-order valence-corrected chi connectivity index (χ0v) is 14.6. The second-order valence-electron chi connectivity index (χ2n) is 6.02. The van der Waals surface area contributed by atoms with Crippen molar-refractivity contribution < 1.29 is 9.47 Å². The van der Waals surface area contributed by atoms with Crippen molar-refractivity contribution in [1.82, 2.24) is 5.32 Å². The highest BCUT2D eigenvalue weighted by atomic mass is 79.9. The van der Waals surface area contributed by atoms with Gasteiger partial charge in [-0.15, -0.1) is 0 Å². The minimum absolute atomic E-state index is 0.384. The van der Waals surface area contributed by atoms with Crippen LogP contribution in [0, 0.1) is 5.92 Å². The number of rotatable bonds is 8. The fourth-order valence-electron chi connectivity index (χ4n) is 2.51. The summed E-state index contributed by atoms with van der Waals surface area (Å²) < 4.78 is 12.7. The minimum Gasteiger partial charge on any atom is -0.492 e. The van der Waals surface area contributed by atoms with Crippen LogP contribution in [-0.4, -0.2) is 25.9 Å². The van der Waals surface area contributed by atoms with E-state index in [1.165, 1.54) is 18.4 Å². The van der Waals surface area contributed by atoms with Gasteiger partial charge in [0.25, 0.3) is 0 Å². The SMILES string of the molecule is CC(C)CNCc1cccc(Br)c1OCCC1CCCO1. The van der Waals surface area contributed by atoms with Gasteiger partial charge in [-0.05, 0) is 47.3 Å². The van der Waals surface area contributed by atoms with Gasteiger partial charge in [-0.3, -0.25) is 0 Å². The highest BCUT2D eigenvalue weighted by Crippen LogP contribution is 2.29. The van der Waals surface area contributed by atoms with Crippen LogP contribution in [0.2, 0.25) is 0 Å². The maximum absolute atomic E-state index is 6.02. The molecule has 3 nitrogen and oxygen atoms in total. The van der Waals surface area contributed by atoms with Crippen LogP contribution in [0.15, 0.2) is 22.7 Å². The van der Waals surface area contributed by atoms with E-state index in [2.05, 4.69) is 47.2 Å². The van der Waals surface area contributed by atoms with Crippen molar-refractivity contribution in [1.29, 1.82) is 0 Å². The Morgan fingerprint density at radius 1 is 1.43 bits per heavy atom. The molecule has 4 heteroatoms. The molecule has 0 aliphatic carbocycles. The van der Waals surface area contributed by atoms with Crippen LogP contribution < -0.4 is 10.1 Å². The molecule has 1 saturated heterocycles. The topological polar surface area (TPSA) is 30.5 Å². The van der Waals surface area contributed by atoms with Gasteiger partial charge in [-0.2, -0.15) is 0 Å². The molecule has 0 aromatic heterocycles. The molecule has 1 aliphatic heterocycles. The lowest BCUT2D eigenvalue weighted by Gasteiger charge is -2.16. The molecular weight excluding hydrogens is 330 g/mol. The number of ether oxygens (including phenoxy) is 2. The van der Waals surface area contributed by atoms with E-state index in [9.17, 15) is 0 Å². The van der Waals surface area contributed by atoms with Gasteiger partial charge in [0.2, 0.25) is 0 Å². The molecule has 0 spiro atoms. The lowest BCUT2D eigenvalue weighted by Crippen LogP contribution is -2.19. The van der Waals surface area contributed by atoms with Crippen molar-refractivity contribution in [3.05, 3.63) is 28.2 Å². The molecule has 0 saturated carbocycles. The Labute approximate surface area is 136 Å². The highest BCUT2D eigenvalue weighted by Gasteiger charge is 2.16. The molecule has 21 heavy (non-hydrogen) atoms. The van der Waals surface area contributed by atoms with Crippen molar-refractivity contribution in [2.24, 2.45) is 5.92 Å². The first kappa shape index (κ1) is 16.8. The summed E-state index contributed by atoms with van der Waals surface area (Å²) in [5.41, 5.74) is 1.21. The Kier molecular flexibility index (Phi) is 7.00. The minimum atomic E-state index is 0.384. The molecule has 118 valence electrons. The lowest BCUT2D eigenvalue weighted by molar-refractivity contribution is 0.0901. The fourth-order valence-corrected chi connectivity index (χ4v) is 3.04. The van der Waals surface area contributed by atoms with Gasteiger partial charge < -0.3 is 14.8 Å². The summed E-state index contributed by atoms with van der Waals surface area (Å²) in [5, 5.41) is 3.47. The molecular formula is C17H26BrNO2. The van der Waals surface area contributed by atoms with Gasteiger partial charge in [0, 0.05) is 25.1 Å². The largest absolute Gasteiger partial charge is 0.492 e. The molecule has 1 aromatic carbocycles. The summed E-state index contributed by atoms with van der Waals surface area (Å²) in [6.45, 7) is 7.91. The molecule has 1 aliphatic rings. The summed E-state index contributed by atoms with van der Waals surface area (Å²) in [5.74, 6) is 1.62. The number of benzene rings is 1. The molecule has 1 N–H and O–H groups in total. The summed E-state index contributed by atoms with van der Waals surface area (Å²) in [4.78, 5) is 0. The number of nitrogens with one attached hydrogen (secondary N) is 1. The molecule has 2 rings (SSSR count). The van der Waals surface area contributed by atoms with Crippen LogP contribution >= 0.6 is 15.9 Å².